The normalized spacial score (nSPS) is 30.0. The van der Waals surface area contributed by atoms with E-state index in [1.54, 1.807) is 0 Å². The molecule has 2 N–H and O–H groups in total. The number of unbranched alkanes of at least 4 members (excludes halogenated alkanes) is 2. The van der Waals surface area contributed by atoms with Gasteiger partial charge in [0.2, 0.25) is 0 Å². The highest BCUT2D eigenvalue weighted by molar-refractivity contribution is 5.37. The summed E-state index contributed by atoms with van der Waals surface area (Å²) in [5, 5.41) is 20.8. The summed E-state index contributed by atoms with van der Waals surface area (Å²) in [6.07, 6.45) is 9.17. The predicted octanol–water partition coefficient (Wildman–Crippen LogP) is 4.43. The highest BCUT2D eigenvalue weighted by Gasteiger charge is 2.44. The fourth-order valence-corrected chi connectivity index (χ4v) is 5.18. The van der Waals surface area contributed by atoms with Crippen LogP contribution >= 0.6 is 0 Å². The fourth-order valence-electron chi connectivity index (χ4n) is 5.18. The van der Waals surface area contributed by atoms with E-state index in [1.165, 1.54) is 29.5 Å². The van der Waals surface area contributed by atoms with E-state index in [1.807, 2.05) is 0 Å². The Morgan fingerprint density at radius 1 is 1.17 bits per heavy atom. The number of aliphatic hydroxyl groups excluding tert-OH is 2. The Hall–Kier alpha value is -0.860. The van der Waals surface area contributed by atoms with Crippen LogP contribution in [0.1, 0.15) is 68.6 Å². The Bertz CT molecular complexity index is 539. The van der Waals surface area contributed by atoms with Gasteiger partial charge in [-0.3, -0.25) is 0 Å². The van der Waals surface area contributed by atoms with Crippen LogP contribution in [0.25, 0.3) is 0 Å². The smallest absolute Gasteiger partial charge is 0.0574 e. The van der Waals surface area contributed by atoms with Gasteiger partial charge in [-0.05, 0) is 79.9 Å². The molecule has 2 aliphatic carbocycles. The second kappa shape index (κ2) is 8.01. The molecule has 0 amide bonds. The fraction of sp³-hybridized carbons (Fsp3) is 0.727. The maximum atomic E-state index is 10.6. The van der Waals surface area contributed by atoms with Gasteiger partial charge < -0.3 is 10.2 Å². The minimum absolute atomic E-state index is 0.169. The average molecular weight is 331 g/mol. The minimum atomic E-state index is -0.180. The molecule has 1 saturated carbocycles. The number of benzene rings is 1. The molecule has 2 heteroatoms. The quantitative estimate of drug-likeness (QED) is 0.726. The summed E-state index contributed by atoms with van der Waals surface area (Å²) in [5.74, 6) is 1.62. The van der Waals surface area contributed by atoms with Gasteiger partial charge in [-0.25, -0.2) is 0 Å². The Morgan fingerprint density at radius 3 is 2.79 bits per heavy atom. The van der Waals surface area contributed by atoms with Gasteiger partial charge in [-0.15, -0.1) is 0 Å². The third kappa shape index (κ3) is 3.86. The van der Waals surface area contributed by atoms with Crippen LogP contribution in [0.5, 0.6) is 0 Å². The van der Waals surface area contributed by atoms with Crippen molar-refractivity contribution in [2.75, 3.05) is 0 Å². The molecule has 0 radical (unpaired) electrons. The summed E-state index contributed by atoms with van der Waals surface area (Å²) in [6.45, 7) is 4.42. The number of aliphatic hydroxyl groups is 2. The van der Waals surface area contributed by atoms with E-state index in [4.69, 9.17) is 0 Å². The zero-order valence-corrected chi connectivity index (χ0v) is 15.4. The topological polar surface area (TPSA) is 40.5 Å². The Kier molecular flexibility index (Phi) is 5.99. The number of fused-ring (bicyclic) bond motifs is 2. The van der Waals surface area contributed by atoms with Crippen LogP contribution in [0.4, 0.5) is 0 Å². The van der Waals surface area contributed by atoms with Gasteiger partial charge in [0.25, 0.3) is 0 Å². The summed E-state index contributed by atoms with van der Waals surface area (Å²) in [4.78, 5) is 0. The molecule has 0 unspecified atom stereocenters. The summed E-state index contributed by atoms with van der Waals surface area (Å²) < 4.78 is 0. The van der Waals surface area contributed by atoms with Crippen molar-refractivity contribution in [3.8, 4) is 0 Å². The number of aryl methyl sites for hydroxylation is 1. The second-order valence-corrected chi connectivity index (χ2v) is 8.24. The summed E-state index contributed by atoms with van der Waals surface area (Å²) in [7, 11) is 0. The maximum Gasteiger partial charge on any atom is 0.0574 e. The Labute approximate surface area is 147 Å². The predicted molar refractivity (Wildman–Crippen MR) is 99.1 cm³/mol. The molecule has 134 valence electrons. The third-order valence-electron chi connectivity index (χ3n) is 6.60. The first-order valence-electron chi connectivity index (χ1n) is 10.0. The molecule has 2 nitrogen and oxygen atoms in total. The van der Waals surface area contributed by atoms with Crippen molar-refractivity contribution in [2.24, 2.45) is 17.8 Å². The maximum absolute atomic E-state index is 10.6. The van der Waals surface area contributed by atoms with Gasteiger partial charge in [-0.1, -0.05) is 44.4 Å². The number of hydrogen-bond donors (Lipinski definition) is 2. The van der Waals surface area contributed by atoms with E-state index < -0.39 is 0 Å². The molecule has 2 aliphatic rings. The minimum Gasteiger partial charge on any atom is -0.393 e. The van der Waals surface area contributed by atoms with Gasteiger partial charge in [0.15, 0.2) is 0 Å². The molecule has 5 atom stereocenters. The molecule has 0 saturated heterocycles. The summed E-state index contributed by atoms with van der Waals surface area (Å²) in [6, 6.07) is 6.67. The first-order chi connectivity index (χ1) is 11.6. The van der Waals surface area contributed by atoms with Crippen LogP contribution < -0.4 is 0 Å². The van der Waals surface area contributed by atoms with Gasteiger partial charge >= 0.3 is 0 Å². The Balaban J connectivity index is 1.59. The standard InChI is InChI=1S/C22H34O2/c1-3-4-5-9-18(23)10-11-19-21-12-16-8-6-7-15(2)20(16)13-17(21)14-22(19)24/h6-8,17-19,21-24H,3-5,9-14H2,1-2H3/t17-,18+,19-,21+,22-/m1/s1. The average Bonchev–Trinajstić information content (AvgIpc) is 2.86. The lowest BCUT2D eigenvalue weighted by Crippen LogP contribution is -2.28. The summed E-state index contributed by atoms with van der Waals surface area (Å²) in [5.41, 5.74) is 4.44. The lowest BCUT2D eigenvalue weighted by molar-refractivity contribution is 0.0870. The summed E-state index contributed by atoms with van der Waals surface area (Å²) >= 11 is 0. The molecular weight excluding hydrogens is 296 g/mol. The van der Waals surface area contributed by atoms with Crippen LogP contribution in [0, 0.1) is 24.7 Å². The lowest BCUT2D eigenvalue weighted by Gasteiger charge is -2.32. The van der Waals surface area contributed by atoms with Gasteiger partial charge in [0.05, 0.1) is 12.2 Å². The van der Waals surface area contributed by atoms with E-state index in [9.17, 15) is 10.2 Å². The monoisotopic (exact) mass is 330 g/mol. The van der Waals surface area contributed by atoms with Crippen molar-refractivity contribution < 1.29 is 10.2 Å². The molecule has 0 spiro atoms. The Morgan fingerprint density at radius 2 is 2.00 bits per heavy atom. The van der Waals surface area contributed by atoms with Crippen molar-refractivity contribution in [3.63, 3.8) is 0 Å². The molecule has 0 bridgehead atoms. The van der Waals surface area contributed by atoms with Crippen LogP contribution in [-0.4, -0.2) is 22.4 Å². The number of hydrogen-bond acceptors (Lipinski definition) is 2. The van der Waals surface area contributed by atoms with Gasteiger partial charge in [0.1, 0.15) is 0 Å². The van der Waals surface area contributed by atoms with Crippen molar-refractivity contribution >= 4 is 0 Å². The highest BCUT2D eigenvalue weighted by Crippen LogP contribution is 2.47. The van der Waals surface area contributed by atoms with Gasteiger partial charge in [0, 0.05) is 0 Å². The van der Waals surface area contributed by atoms with Crippen LogP contribution in [0.3, 0.4) is 0 Å². The number of rotatable bonds is 7. The second-order valence-electron chi connectivity index (χ2n) is 8.24. The molecule has 0 heterocycles. The van der Waals surface area contributed by atoms with E-state index >= 15 is 0 Å². The van der Waals surface area contributed by atoms with Crippen molar-refractivity contribution in [1.29, 1.82) is 0 Å². The molecule has 0 aliphatic heterocycles. The van der Waals surface area contributed by atoms with Crippen molar-refractivity contribution in [2.45, 2.75) is 83.8 Å². The van der Waals surface area contributed by atoms with Crippen LogP contribution in [-0.2, 0) is 12.8 Å². The van der Waals surface area contributed by atoms with Crippen LogP contribution in [0.2, 0.25) is 0 Å². The lowest BCUT2D eigenvalue weighted by atomic mass is 9.73. The third-order valence-corrected chi connectivity index (χ3v) is 6.60. The van der Waals surface area contributed by atoms with E-state index in [-0.39, 0.29) is 12.2 Å². The molecular formula is C22H34O2. The van der Waals surface area contributed by atoms with E-state index in [0.29, 0.717) is 17.8 Å². The SMILES string of the molecule is CCCCC[C@H](O)CC[C@@H]1[C@H]2Cc3cccc(C)c3C[C@@H]2C[C@H]1O. The molecule has 0 aromatic heterocycles. The van der Waals surface area contributed by atoms with E-state index in [0.717, 1.165) is 44.9 Å². The van der Waals surface area contributed by atoms with Crippen molar-refractivity contribution in [3.05, 3.63) is 34.9 Å². The van der Waals surface area contributed by atoms with E-state index in [2.05, 4.69) is 32.0 Å². The zero-order valence-electron chi connectivity index (χ0n) is 15.4. The first kappa shape index (κ1) is 17.9. The largest absolute Gasteiger partial charge is 0.393 e. The molecule has 24 heavy (non-hydrogen) atoms. The molecule has 1 aromatic rings. The van der Waals surface area contributed by atoms with Crippen molar-refractivity contribution in [1.82, 2.24) is 0 Å². The van der Waals surface area contributed by atoms with Gasteiger partial charge in [-0.2, -0.15) is 0 Å². The van der Waals surface area contributed by atoms with Crippen LogP contribution in [0.15, 0.2) is 18.2 Å². The first-order valence-corrected chi connectivity index (χ1v) is 10.0. The molecule has 3 rings (SSSR count). The zero-order chi connectivity index (χ0) is 17.1. The molecule has 1 fully saturated rings. The molecule has 1 aromatic carbocycles. The highest BCUT2D eigenvalue weighted by atomic mass is 16.3.